The van der Waals surface area contributed by atoms with Crippen LogP contribution in [-0.4, -0.2) is 27.3 Å². The number of nitrogens with zero attached hydrogens (tertiary/aromatic N) is 1. The molecule has 0 spiro atoms. The predicted octanol–water partition coefficient (Wildman–Crippen LogP) is 2.36. The van der Waals surface area contributed by atoms with E-state index in [0.29, 0.717) is 12.1 Å². The lowest BCUT2D eigenvalue weighted by atomic mass is 9.92. The third-order valence-electron chi connectivity index (χ3n) is 2.92. The van der Waals surface area contributed by atoms with E-state index in [4.69, 9.17) is 5.26 Å². The average molecular weight is 294 g/mol. The van der Waals surface area contributed by atoms with E-state index in [2.05, 4.69) is 26.1 Å². The molecule has 1 rings (SSSR count). The van der Waals surface area contributed by atoms with Crippen LogP contribution in [0.2, 0.25) is 0 Å². The molecule has 1 aromatic carbocycles. The van der Waals surface area contributed by atoms with Gasteiger partial charge in [0, 0.05) is 6.54 Å². The van der Waals surface area contributed by atoms with E-state index in [1.807, 2.05) is 6.07 Å². The minimum Gasteiger partial charge on any atom is -0.316 e. The first-order chi connectivity index (χ1) is 9.24. The van der Waals surface area contributed by atoms with Crippen LogP contribution in [0.25, 0.3) is 0 Å². The third kappa shape index (κ3) is 5.72. The number of nitriles is 1. The van der Waals surface area contributed by atoms with Crippen molar-refractivity contribution in [3.05, 3.63) is 29.8 Å². The van der Waals surface area contributed by atoms with Crippen LogP contribution >= 0.6 is 0 Å². The van der Waals surface area contributed by atoms with Gasteiger partial charge in [-0.15, -0.1) is 0 Å². The van der Waals surface area contributed by atoms with Gasteiger partial charge < -0.3 is 5.32 Å². The number of hydrogen-bond acceptors (Lipinski definition) is 4. The van der Waals surface area contributed by atoms with Crippen LogP contribution in [0.4, 0.5) is 0 Å². The van der Waals surface area contributed by atoms with Crippen LogP contribution in [0.15, 0.2) is 29.2 Å². The zero-order valence-corrected chi connectivity index (χ0v) is 13.1. The van der Waals surface area contributed by atoms with Crippen molar-refractivity contribution in [1.82, 2.24) is 5.32 Å². The summed E-state index contributed by atoms with van der Waals surface area (Å²) in [6, 6.07) is 8.10. The van der Waals surface area contributed by atoms with Gasteiger partial charge >= 0.3 is 0 Å². The van der Waals surface area contributed by atoms with Crippen molar-refractivity contribution >= 4 is 9.84 Å². The molecular weight excluding hydrogens is 272 g/mol. The normalized spacial score (nSPS) is 12.1. The summed E-state index contributed by atoms with van der Waals surface area (Å²) in [7, 11) is -3.32. The summed E-state index contributed by atoms with van der Waals surface area (Å²) in [5.41, 5.74) is 0.610. The Hall–Kier alpha value is -1.38. The summed E-state index contributed by atoms with van der Waals surface area (Å²) in [6.07, 6.45) is 0.997. The molecule has 0 saturated heterocycles. The molecule has 0 amide bonds. The predicted molar refractivity (Wildman–Crippen MR) is 80.2 cm³/mol. The topological polar surface area (TPSA) is 70.0 Å². The smallest absolute Gasteiger partial charge is 0.179 e. The molecule has 0 radical (unpaired) electrons. The highest BCUT2D eigenvalue weighted by atomic mass is 32.2. The van der Waals surface area contributed by atoms with E-state index < -0.39 is 9.84 Å². The zero-order chi connectivity index (χ0) is 15.2. The molecular formula is C15H22N2O2S. The number of benzene rings is 1. The quantitative estimate of drug-likeness (QED) is 0.818. The summed E-state index contributed by atoms with van der Waals surface area (Å²) < 4.78 is 24.2. The second-order valence-corrected chi connectivity index (χ2v) is 8.13. The van der Waals surface area contributed by atoms with Crippen LogP contribution < -0.4 is 5.32 Å². The molecule has 0 bridgehead atoms. The van der Waals surface area contributed by atoms with E-state index in [1.165, 1.54) is 12.1 Å². The van der Waals surface area contributed by atoms with Gasteiger partial charge in [-0.25, -0.2) is 8.42 Å². The van der Waals surface area contributed by atoms with Crippen molar-refractivity contribution in [2.75, 3.05) is 18.8 Å². The lowest BCUT2D eigenvalue weighted by molar-refractivity contribution is 0.369. The Morgan fingerprint density at radius 2 is 1.95 bits per heavy atom. The van der Waals surface area contributed by atoms with Crippen LogP contribution in [0.3, 0.4) is 0 Å². The monoisotopic (exact) mass is 294 g/mol. The molecule has 0 aliphatic carbocycles. The average Bonchev–Trinajstić information content (AvgIpc) is 2.37. The van der Waals surface area contributed by atoms with Gasteiger partial charge in [0.2, 0.25) is 0 Å². The number of sulfone groups is 1. The minimum absolute atomic E-state index is 0.0476. The van der Waals surface area contributed by atoms with Gasteiger partial charge in [0.1, 0.15) is 0 Å². The highest BCUT2D eigenvalue weighted by Crippen LogP contribution is 2.17. The second kappa shape index (κ2) is 6.87. The van der Waals surface area contributed by atoms with Crippen molar-refractivity contribution in [2.24, 2.45) is 5.41 Å². The molecule has 110 valence electrons. The fourth-order valence-corrected chi connectivity index (χ4v) is 2.91. The molecule has 0 heterocycles. The summed E-state index contributed by atoms with van der Waals surface area (Å²) in [6.45, 7) is 7.68. The first-order valence-electron chi connectivity index (χ1n) is 6.68. The molecule has 0 aromatic heterocycles. The van der Waals surface area contributed by atoms with Crippen LogP contribution in [0.5, 0.6) is 0 Å². The van der Waals surface area contributed by atoms with E-state index in [-0.39, 0.29) is 16.1 Å². The van der Waals surface area contributed by atoms with Crippen LogP contribution in [0, 0.1) is 16.7 Å². The Bertz CT molecular complexity index is 581. The highest BCUT2D eigenvalue weighted by molar-refractivity contribution is 7.91. The molecule has 0 aliphatic rings. The Labute approximate surface area is 121 Å². The molecule has 0 saturated carbocycles. The Balaban J connectivity index is 2.52. The van der Waals surface area contributed by atoms with Crippen molar-refractivity contribution in [3.8, 4) is 6.07 Å². The number of hydrogen-bond donors (Lipinski definition) is 1. The lowest BCUT2D eigenvalue weighted by Gasteiger charge is -2.18. The fraction of sp³-hybridized carbons (Fsp3) is 0.533. The minimum atomic E-state index is -3.32. The molecule has 1 N–H and O–H groups in total. The van der Waals surface area contributed by atoms with Gasteiger partial charge in [0.15, 0.2) is 9.84 Å². The van der Waals surface area contributed by atoms with Crippen molar-refractivity contribution in [2.45, 2.75) is 32.1 Å². The molecule has 0 atom stereocenters. The van der Waals surface area contributed by atoms with E-state index in [0.717, 1.165) is 13.0 Å². The fourth-order valence-electron chi connectivity index (χ4n) is 1.67. The lowest BCUT2D eigenvalue weighted by Crippen LogP contribution is -2.26. The molecule has 4 nitrogen and oxygen atoms in total. The van der Waals surface area contributed by atoms with Gasteiger partial charge in [-0.1, -0.05) is 26.8 Å². The molecule has 0 unspecified atom stereocenters. The summed E-state index contributed by atoms with van der Waals surface area (Å²) in [5, 5.41) is 11.9. The first-order valence-corrected chi connectivity index (χ1v) is 8.33. The summed E-state index contributed by atoms with van der Waals surface area (Å²) >= 11 is 0. The molecule has 0 aliphatic heterocycles. The van der Waals surface area contributed by atoms with Gasteiger partial charge in [-0.3, -0.25) is 0 Å². The van der Waals surface area contributed by atoms with Gasteiger partial charge in [-0.2, -0.15) is 5.26 Å². The van der Waals surface area contributed by atoms with Gasteiger partial charge in [0.25, 0.3) is 0 Å². The van der Waals surface area contributed by atoms with E-state index in [9.17, 15) is 8.42 Å². The summed E-state index contributed by atoms with van der Waals surface area (Å²) in [4.78, 5) is 0.217. The maximum Gasteiger partial charge on any atom is 0.179 e. The second-order valence-electron chi connectivity index (χ2n) is 6.02. The van der Waals surface area contributed by atoms with E-state index >= 15 is 0 Å². The van der Waals surface area contributed by atoms with Crippen molar-refractivity contribution < 1.29 is 8.42 Å². The first kappa shape index (κ1) is 16.7. The van der Waals surface area contributed by atoms with Crippen LogP contribution in [-0.2, 0) is 9.84 Å². The molecule has 5 heteroatoms. The Morgan fingerprint density at radius 3 is 2.55 bits per heavy atom. The Morgan fingerprint density at radius 1 is 1.25 bits per heavy atom. The van der Waals surface area contributed by atoms with E-state index in [1.54, 1.807) is 12.1 Å². The zero-order valence-electron chi connectivity index (χ0n) is 12.3. The molecule has 0 fully saturated rings. The van der Waals surface area contributed by atoms with Crippen molar-refractivity contribution in [1.29, 1.82) is 5.26 Å². The highest BCUT2D eigenvalue weighted by Gasteiger charge is 2.15. The number of nitrogens with one attached hydrogen (secondary N) is 1. The summed E-state index contributed by atoms with van der Waals surface area (Å²) in [5.74, 6) is 0.0476. The maximum absolute atomic E-state index is 12.1. The van der Waals surface area contributed by atoms with Gasteiger partial charge in [0.05, 0.1) is 22.3 Å². The Kier molecular flexibility index (Phi) is 5.73. The largest absolute Gasteiger partial charge is 0.316 e. The van der Waals surface area contributed by atoms with Crippen LogP contribution in [0.1, 0.15) is 32.8 Å². The SMILES string of the molecule is CC(C)(C)CCNCCS(=O)(=O)c1cccc(C#N)c1. The number of rotatable bonds is 6. The van der Waals surface area contributed by atoms with Gasteiger partial charge in [-0.05, 0) is 36.6 Å². The molecule has 1 aromatic rings. The van der Waals surface area contributed by atoms with Crippen molar-refractivity contribution in [3.63, 3.8) is 0 Å². The standard InChI is InChI=1S/C15H22N2O2S/c1-15(2,3)7-8-17-9-10-20(18,19)14-6-4-5-13(11-14)12-16/h4-6,11,17H,7-10H2,1-3H3. The third-order valence-corrected chi connectivity index (χ3v) is 4.64. The molecule has 20 heavy (non-hydrogen) atoms. The maximum atomic E-state index is 12.1.